The first kappa shape index (κ1) is 27.4. The first-order valence-corrected chi connectivity index (χ1v) is 12.0. The maximum absolute atomic E-state index is 13.5. The van der Waals surface area contributed by atoms with Crippen LogP contribution in [0.4, 0.5) is 5.69 Å². The van der Waals surface area contributed by atoms with Gasteiger partial charge in [-0.3, -0.25) is 14.5 Å². The van der Waals surface area contributed by atoms with E-state index in [1.807, 2.05) is 0 Å². The van der Waals surface area contributed by atoms with E-state index in [0.29, 0.717) is 46.8 Å². The number of ether oxygens (including phenoxy) is 3. The average Bonchev–Trinajstić information content (AvgIpc) is 3.36. The maximum atomic E-state index is 13.5. The van der Waals surface area contributed by atoms with Gasteiger partial charge in [0.15, 0.2) is 11.5 Å². The van der Waals surface area contributed by atoms with E-state index >= 15 is 0 Å². The van der Waals surface area contributed by atoms with Crippen molar-refractivity contribution in [2.24, 2.45) is 5.92 Å². The van der Waals surface area contributed by atoms with Gasteiger partial charge in [-0.2, -0.15) is 4.80 Å². The van der Waals surface area contributed by atoms with Crippen molar-refractivity contribution in [2.75, 3.05) is 32.8 Å². The summed E-state index contributed by atoms with van der Waals surface area (Å²) in [5.74, 6) is 1.90. The molecule has 0 fully saturated rings. The van der Waals surface area contributed by atoms with E-state index in [0.717, 1.165) is 6.42 Å². The molecule has 0 aliphatic heterocycles. The van der Waals surface area contributed by atoms with Crippen molar-refractivity contribution in [3.05, 3.63) is 42.5 Å². The molecule has 0 saturated carbocycles. The Morgan fingerprint density at radius 1 is 0.973 bits per heavy atom. The quantitative estimate of drug-likeness (QED) is 0.395. The third-order valence-electron chi connectivity index (χ3n) is 5.78. The Hall–Kier alpha value is -4.15. The minimum absolute atomic E-state index is 0.212. The highest BCUT2D eigenvalue weighted by molar-refractivity contribution is 6.00. The summed E-state index contributed by atoms with van der Waals surface area (Å²) in [6.07, 6.45) is 0.844. The minimum Gasteiger partial charge on any atom is -0.497 e. The largest absolute Gasteiger partial charge is 0.497 e. The number of carbonyl (C=O) groups is 2. The zero-order valence-electron chi connectivity index (χ0n) is 22.1. The molecule has 11 heteroatoms. The lowest BCUT2D eigenvalue weighted by Crippen LogP contribution is -2.49. The molecule has 11 nitrogen and oxygen atoms in total. The van der Waals surface area contributed by atoms with E-state index < -0.39 is 6.04 Å². The van der Waals surface area contributed by atoms with Gasteiger partial charge in [-0.05, 0) is 66.9 Å². The number of nitrogens with zero attached hydrogens (tertiary/aromatic N) is 5. The van der Waals surface area contributed by atoms with Gasteiger partial charge >= 0.3 is 0 Å². The SMILES string of the molecule is COc1ccc(N(C(=O)Cn2nnc(-c3ccc(OC)c(OC)c3)n2)[C@H](C)C(=O)NCCC(C)C)cc1. The standard InChI is InChI=1S/C26H34N6O5/c1-17(2)13-14-27-26(34)18(3)32(20-8-10-21(35-4)11-9-20)24(33)16-31-29-25(28-30-31)19-7-12-22(36-5)23(15-19)37-6/h7-12,15,17-18H,13-14,16H2,1-6H3,(H,27,34)/t18-/m1/s1. The smallest absolute Gasteiger partial charge is 0.251 e. The molecule has 198 valence electrons. The molecule has 1 aromatic heterocycles. The van der Waals surface area contributed by atoms with E-state index in [-0.39, 0.29) is 18.4 Å². The highest BCUT2D eigenvalue weighted by Gasteiger charge is 2.28. The molecule has 0 unspecified atom stereocenters. The van der Waals surface area contributed by atoms with Gasteiger partial charge < -0.3 is 19.5 Å². The number of benzene rings is 2. The summed E-state index contributed by atoms with van der Waals surface area (Å²) in [6.45, 7) is 6.19. The lowest BCUT2D eigenvalue weighted by atomic mass is 10.1. The summed E-state index contributed by atoms with van der Waals surface area (Å²) in [4.78, 5) is 29.0. The fourth-order valence-electron chi connectivity index (χ4n) is 3.67. The Kier molecular flexibility index (Phi) is 9.42. The van der Waals surface area contributed by atoms with Gasteiger partial charge in [-0.1, -0.05) is 13.8 Å². The van der Waals surface area contributed by atoms with Gasteiger partial charge in [0, 0.05) is 17.8 Å². The highest BCUT2D eigenvalue weighted by Crippen LogP contribution is 2.30. The molecule has 0 aliphatic carbocycles. The number of nitrogens with one attached hydrogen (secondary N) is 1. The maximum Gasteiger partial charge on any atom is 0.251 e. The topological polar surface area (TPSA) is 121 Å². The zero-order chi connectivity index (χ0) is 26.9. The number of tetrazole rings is 1. The van der Waals surface area contributed by atoms with Crippen LogP contribution in [-0.4, -0.2) is 65.9 Å². The molecule has 3 rings (SSSR count). The second-order valence-electron chi connectivity index (χ2n) is 8.82. The molecular formula is C26H34N6O5. The van der Waals surface area contributed by atoms with Gasteiger partial charge in [-0.25, -0.2) is 0 Å². The van der Waals surface area contributed by atoms with Crippen LogP contribution in [-0.2, 0) is 16.1 Å². The second-order valence-corrected chi connectivity index (χ2v) is 8.82. The minimum atomic E-state index is -0.762. The number of anilines is 1. The van der Waals surface area contributed by atoms with E-state index in [9.17, 15) is 9.59 Å². The van der Waals surface area contributed by atoms with E-state index in [1.165, 1.54) is 9.70 Å². The van der Waals surface area contributed by atoms with Crippen LogP contribution < -0.4 is 24.4 Å². The van der Waals surface area contributed by atoms with E-state index in [2.05, 4.69) is 34.6 Å². The van der Waals surface area contributed by atoms with Gasteiger partial charge in [0.05, 0.1) is 21.3 Å². The average molecular weight is 511 g/mol. The Morgan fingerprint density at radius 2 is 1.68 bits per heavy atom. The number of amides is 2. The third-order valence-corrected chi connectivity index (χ3v) is 5.78. The molecule has 1 atom stereocenters. The molecule has 2 aromatic carbocycles. The van der Waals surface area contributed by atoms with Crippen LogP contribution in [0.15, 0.2) is 42.5 Å². The lowest BCUT2D eigenvalue weighted by molar-refractivity contribution is -0.126. The predicted molar refractivity (Wildman–Crippen MR) is 139 cm³/mol. The molecule has 0 radical (unpaired) electrons. The van der Waals surface area contributed by atoms with Crippen LogP contribution in [0.3, 0.4) is 0 Å². The number of aromatic nitrogens is 4. The predicted octanol–water partition coefficient (Wildman–Crippen LogP) is 2.95. The third kappa shape index (κ3) is 6.96. The molecule has 0 saturated heterocycles. The Labute approximate surface area is 216 Å². The van der Waals surface area contributed by atoms with Gasteiger partial charge in [0.2, 0.25) is 11.7 Å². The summed E-state index contributed by atoms with van der Waals surface area (Å²) in [7, 11) is 4.66. The van der Waals surface area contributed by atoms with Crippen LogP contribution >= 0.6 is 0 Å². The van der Waals surface area contributed by atoms with Crippen LogP contribution in [0.2, 0.25) is 0 Å². The van der Waals surface area contributed by atoms with E-state index in [4.69, 9.17) is 14.2 Å². The van der Waals surface area contributed by atoms with Crippen molar-refractivity contribution < 1.29 is 23.8 Å². The molecule has 1 N–H and O–H groups in total. The molecular weight excluding hydrogens is 476 g/mol. The molecule has 1 heterocycles. The van der Waals surface area contributed by atoms with Gasteiger partial charge in [0.1, 0.15) is 18.3 Å². The van der Waals surface area contributed by atoms with Crippen LogP contribution in [0.25, 0.3) is 11.4 Å². The lowest BCUT2D eigenvalue weighted by Gasteiger charge is -2.28. The van der Waals surface area contributed by atoms with Gasteiger partial charge in [-0.15, -0.1) is 10.2 Å². The number of hydrogen-bond acceptors (Lipinski definition) is 8. The second kappa shape index (κ2) is 12.7. The molecule has 37 heavy (non-hydrogen) atoms. The summed E-state index contributed by atoms with van der Waals surface area (Å²) in [6, 6.07) is 11.4. The molecule has 0 bridgehead atoms. The van der Waals surface area contributed by atoms with Crippen molar-refractivity contribution in [3.63, 3.8) is 0 Å². The zero-order valence-corrected chi connectivity index (χ0v) is 22.1. The normalized spacial score (nSPS) is 11.6. The number of rotatable bonds is 12. The highest BCUT2D eigenvalue weighted by atomic mass is 16.5. The summed E-state index contributed by atoms with van der Waals surface area (Å²) in [5, 5.41) is 15.4. The number of methoxy groups -OCH3 is 3. The van der Waals surface area contributed by atoms with Crippen molar-refractivity contribution in [1.29, 1.82) is 0 Å². The number of hydrogen-bond donors (Lipinski definition) is 1. The summed E-state index contributed by atoms with van der Waals surface area (Å²) >= 11 is 0. The molecule has 0 spiro atoms. The fourth-order valence-corrected chi connectivity index (χ4v) is 3.67. The Morgan fingerprint density at radius 3 is 2.30 bits per heavy atom. The first-order valence-electron chi connectivity index (χ1n) is 12.0. The van der Waals surface area contributed by atoms with Crippen molar-refractivity contribution in [1.82, 2.24) is 25.5 Å². The van der Waals surface area contributed by atoms with Crippen molar-refractivity contribution in [3.8, 4) is 28.6 Å². The van der Waals surface area contributed by atoms with Crippen LogP contribution in [0.5, 0.6) is 17.2 Å². The van der Waals surface area contributed by atoms with Crippen molar-refractivity contribution >= 4 is 17.5 Å². The summed E-state index contributed by atoms with van der Waals surface area (Å²) < 4.78 is 15.8. The summed E-state index contributed by atoms with van der Waals surface area (Å²) in [5.41, 5.74) is 1.21. The number of carbonyl (C=O) groups excluding carboxylic acids is 2. The Bertz CT molecular complexity index is 1190. The Balaban J connectivity index is 1.82. The van der Waals surface area contributed by atoms with Crippen LogP contribution in [0.1, 0.15) is 27.2 Å². The molecule has 0 aliphatic rings. The first-order chi connectivity index (χ1) is 17.8. The van der Waals surface area contributed by atoms with Crippen LogP contribution in [0, 0.1) is 5.92 Å². The molecule has 3 aromatic rings. The van der Waals surface area contributed by atoms with Crippen molar-refractivity contribution in [2.45, 2.75) is 39.8 Å². The van der Waals surface area contributed by atoms with E-state index in [1.54, 1.807) is 70.7 Å². The van der Waals surface area contributed by atoms with Gasteiger partial charge in [0.25, 0.3) is 5.91 Å². The monoisotopic (exact) mass is 510 g/mol. The fraction of sp³-hybridized carbons (Fsp3) is 0.423. The molecule has 2 amide bonds.